The molecule has 0 radical (unpaired) electrons. The summed E-state index contributed by atoms with van der Waals surface area (Å²) in [6.07, 6.45) is 0.841. The Morgan fingerprint density at radius 3 is 2.32 bits per heavy atom. The summed E-state index contributed by atoms with van der Waals surface area (Å²) in [5.74, 6) is -0.911. The van der Waals surface area contributed by atoms with Crippen molar-refractivity contribution >= 4 is 22.0 Å². The maximum atomic E-state index is 11.5. The summed E-state index contributed by atoms with van der Waals surface area (Å²) >= 11 is 0. The highest BCUT2D eigenvalue weighted by atomic mass is 32.2. The third-order valence-electron chi connectivity index (χ3n) is 2.21. The summed E-state index contributed by atoms with van der Waals surface area (Å²) < 4.78 is 34.5. The van der Waals surface area contributed by atoms with E-state index in [2.05, 4.69) is 9.46 Å². The van der Waals surface area contributed by atoms with E-state index in [1.54, 1.807) is 6.92 Å². The predicted octanol–water partition coefficient (Wildman–Crippen LogP) is 0.202. The number of carbonyl (C=O) groups is 2. The van der Waals surface area contributed by atoms with Crippen LogP contribution in [0.2, 0.25) is 0 Å². The smallest absolute Gasteiger partial charge is 0.305 e. The fourth-order valence-electron chi connectivity index (χ4n) is 1.27. The van der Waals surface area contributed by atoms with Gasteiger partial charge in [-0.25, -0.2) is 13.1 Å². The zero-order valence-corrected chi connectivity index (χ0v) is 12.1. The topological polar surface area (TPSA) is 98.8 Å². The van der Waals surface area contributed by atoms with Crippen molar-refractivity contribution in [2.45, 2.75) is 32.6 Å². The molecule has 0 aromatic heterocycles. The minimum Gasteiger partial charge on any atom is -0.469 e. The Morgan fingerprint density at radius 2 is 1.74 bits per heavy atom. The van der Waals surface area contributed by atoms with Gasteiger partial charge in [0.05, 0.1) is 19.5 Å². The average Bonchev–Trinajstić information content (AvgIpc) is 2.34. The molecule has 7 nitrogen and oxygen atoms in total. The molecule has 0 aromatic rings. The van der Waals surface area contributed by atoms with Crippen LogP contribution in [0.1, 0.15) is 32.6 Å². The standard InChI is InChI=1S/C11H21NO6S/c1-3-18-11(14)6-4-8-12-19(15,16)9-5-7-10(13)17-2/h12H,3-9H2,1-2H3. The second-order valence-corrected chi connectivity index (χ2v) is 5.73. The second-order valence-electron chi connectivity index (χ2n) is 3.80. The molecule has 0 amide bonds. The monoisotopic (exact) mass is 295 g/mol. The zero-order chi connectivity index (χ0) is 14.7. The Hall–Kier alpha value is -1.15. The molecule has 0 heterocycles. The first kappa shape index (κ1) is 17.8. The van der Waals surface area contributed by atoms with Gasteiger partial charge < -0.3 is 9.47 Å². The zero-order valence-electron chi connectivity index (χ0n) is 11.3. The molecule has 8 heteroatoms. The lowest BCUT2D eigenvalue weighted by molar-refractivity contribution is -0.143. The Morgan fingerprint density at radius 1 is 1.11 bits per heavy atom. The summed E-state index contributed by atoms with van der Waals surface area (Å²) in [6.45, 7) is 2.21. The van der Waals surface area contributed by atoms with Crippen LogP contribution in [0.15, 0.2) is 0 Å². The van der Waals surface area contributed by atoms with Gasteiger partial charge in [0.1, 0.15) is 0 Å². The fraction of sp³-hybridized carbons (Fsp3) is 0.818. The van der Waals surface area contributed by atoms with Gasteiger partial charge in [0.15, 0.2) is 0 Å². The highest BCUT2D eigenvalue weighted by molar-refractivity contribution is 7.89. The lowest BCUT2D eigenvalue weighted by Gasteiger charge is -2.06. The SMILES string of the molecule is CCOC(=O)CCCNS(=O)(=O)CCCC(=O)OC. The van der Waals surface area contributed by atoms with E-state index in [-0.39, 0.29) is 37.5 Å². The quantitative estimate of drug-likeness (QED) is 0.457. The van der Waals surface area contributed by atoms with Crippen LogP contribution in [0.3, 0.4) is 0 Å². The van der Waals surface area contributed by atoms with E-state index in [0.29, 0.717) is 13.0 Å². The number of carbonyl (C=O) groups excluding carboxylic acids is 2. The summed E-state index contributed by atoms with van der Waals surface area (Å²) in [5.41, 5.74) is 0. The van der Waals surface area contributed by atoms with Crippen LogP contribution >= 0.6 is 0 Å². The Bertz CT molecular complexity index is 379. The molecule has 112 valence electrons. The van der Waals surface area contributed by atoms with Gasteiger partial charge in [-0.2, -0.15) is 0 Å². The van der Waals surface area contributed by atoms with E-state index in [1.165, 1.54) is 7.11 Å². The van der Waals surface area contributed by atoms with E-state index in [4.69, 9.17) is 4.74 Å². The van der Waals surface area contributed by atoms with Crippen molar-refractivity contribution in [3.63, 3.8) is 0 Å². The van der Waals surface area contributed by atoms with Crippen LogP contribution in [0.25, 0.3) is 0 Å². The van der Waals surface area contributed by atoms with Crippen LogP contribution < -0.4 is 4.72 Å². The highest BCUT2D eigenvalue weighted by Gasteiger charge is 2.11. The summed E-state index contributed by atoms with van der Waals surface area (Å²) in [6, 6.07) is 0. The first-order chi connectivity index (χ1) is 8.91. The molecule has 0 rings (SSSR count). The van der Waals surface area contributed by atoms with E-state index >= 15 is 0 Å². The predicted molar refractivity (Wildman–Crippen MR) is 68.9 cm³/mol. The number of ether oxygens (including phenoxy) is 2. The van der Waals surface area contributed by atoms with Crippen molar-refractivity contribution in [1.29, 1.82) is 0 Å². The van der Waals surface area contributed by atoms with Crippen LogP contribution in [-0.2, 0) is 29.1 Å². The second kappa shape index (κ2) is 9.74. The maximum absolute atomic E-state index is 11.5. The molecule has 19 heavy (non-hydrogen) atoms. The first-order valence-electron chi connectivity index (χ1n) is 6.11. The van der Waals surface area contributed by atoms with Crippen LogP contribution in [0.5, 0.6) is 0 Å². The summed E-state index contributed by atoms with van der Waals surface area (Å²) in [7, 11) is -2.15. The Kier molecular flexibility index (Phi) is 9.15. The Balaban J connectivity index is 3.73. The van der Waals surface area contributed by atoms with Crippen molar-refractivity contribution in [3.8, 4) is 0 Å². The molecule has 0 aliphatic rings. The highest BCUT2D eigenvalue weighted by Crippen LogP contribution is 1.98. The molecule has 0 saturated heterocycles. The lowest BCUT2D eigenvalue weighted by atomic mass is 10.3. The first-order valence-corrected chi connectivity index (χ1v) is 7.76. The molecule has 0 aromatic carbocycles. The van der Waals surface area contributed by atoms with Gasteiger partial charge in [0, 0.05) is 19.4 Å². The number of methoxy groups -OCH3 is 1. The lowest BCUT2D eigenvalue weighted by Crippen LogP contribution is -2.28. The van der Waals surface area contributed by atoms with Gasteiger partial charge in [-0.1, -0.05) is 0 Å². The number of rotatable bonds is 10. The molecule has 0 unspecified atom stereocenters. The van der Waals surface area contributed by atoms with Crippen LogP contribution in [-0.4, -0.2) is 46.4 Å². The normalized spacial score (nSPS) is 11.1. The molecule has 0 aliphatic heterocycles. The van der Waals surface area contributed by atoms with E-state index in [1.807, 2.05) is 0 Å². The number of hydrogen-bond donors (Lipinski definition) is 1. The number of sulfonamides is 1. The Labute approximate surface area is 113 Å². The van der Waals surface area contributed by atoms with Gasteiger partial charge in [-0.05, 0) is 19.8 Å². The minimum absolute atomic E-state index is 0.0697. The third kappa shape index (κ3) is 10.5. The molecule has 0 bridgehead atoms. The molecule has 0 fully saturated rings. The van der Waals surface area contributed by atoms with Gasteiger partial charge in [0.2, 0.25) is 10.0 Å². The largest absolute Gasteiger partial charge is 0.469 e. The summed E-state index contributed by atoms with van der Waals surface area (Å²) in [5, 5.41) is 0. The molecule has 0 spiro atoms. The molecule has 0 atom stereocenters. The molecular formula is C11H21NO6S. The molecule has 0 saturated carbocycles. The molecular weight excluding hydrogens is 274 g/mol. The number of nitrogens with one attached hydrogen (secondary N) is 1. The van der Waals surface area contributed by atoms with Gasteiger partial charge >= 0.3 is 11.9 Å². The van der Waals surface area contributed by atoms with Crippen molar-refractivity contribution in [2.24, 2.45) is 0 Å². The van der Waals surface area contributed by atoms with Gasteiger partial charge in [-0.15, -0.1) is 0 Å². The van der Waals surface area contributed by atoms with Crippen molar-refractivity contribution in [3.05, 3.63) is 0 Å². The fourth-order valence-corrected chi connectivity index (χ4v) is 2.40. The molecule has 0 aliphatic carbocycles. The van der Waals surface area contributed by atoms with Crippen molar-refractivity contribution in [1.82, 2.24) is 4.72 Å². The number of hydrogen-bond acceptors (Lipinski definition) is 6. The van der Waals surface area contributed by atoms with Crippen molar-refractivity contribution < 1.29 is 27.5 Å². The van der Waals surface area contributed by atoms with E-state index in [9.17, 15) is 18.0 Å². The number of esters is 2. The van der Waals surface area contributed by atoms with E-state index in [0.717, 1.165) is 0 Å². The molecule has 1 N–H and O–H groups in total. The van der Waals surface area contributed by atoms with Gasteiger partial charge in [-0.3, -0.25) is 9.59 Å². The van der Waals surface area contributed by atoms with Gasteiger partial charge in [0.25, 0.3) is 0 Å². The van der Waals surface area contributed by atoms with E-state index < -0.39 is 16.0 Å². The summed E-state index contributed by atoms with van der Waals surface area (Å²) in [4.78, 5) is 21.8. The minimum atomic E-state index is -3.41. The third-order valence-corrected chi connectivity index (χ3v) is 3.68. The maximum Gasteiger partial charge on any atom is 0.305 e. The van der Waals surface area contributed by atoms with Crippen LogP contribution in [0, 0.1) is 0 Å². The van der Waals surface area contributed by atoms with Crippen LogP contribution in [0.4, 0.5) is 0 Å². The average molecular weight is 295 g/mol. The van der Waals surface area contributed by atoms with Crippen molar-refractivity contribution in [2.75, 3.05) is 26.0 Å².